The van der Waals surface area contributed by atoms with Crippen molar-refractivity contribution >= 4 is 9.84 Å². The molecule has 2 saturated carbocycles. The second kappa shape index (κ2) is 6.57. The molecule has 0 aromatic rings. The van der Waals surface area contributed by atoms with Gasteiger partial charge in [0.1, 0.15) is 0 Å². The first-order valence-electron chi connectivity index (χ1n) is 8.02. The van der Waals surface area contributed by atoms with Crippen molar-refractivity contribution in [2.24, 2.45) is 17.6 Å². The largest absolute Gasteiger partial charge is 0.330 e. The molecule has 19 heavy (non-hydrogen) atoms. The molecule has 2 aliphatic carbocycles. The minimum absolute atomic E-state index is 0.0732. The summed E-state index contributed by atoms with van der Waals surface area (Å²) in [6, 6.07) is 0. The van der Waals surface area contributed by atoms with Crippen molar-refractivity contribution in [3.8, 4) is 0 Å². The van der Waals surface area contributed by atoms with Gasteiger partial charge in [-0.15, -0.1) is 0 Å². The highest BCUT2D eigenvalue weighted by molar-refractivity contribution is 7.92. The predicted molar refractivity (Wildman–Crippen MR) is 79.8 cm³/mol. The molecule has 0 heterocycles. The molecule has 3 atom stereocenters. The molecule has 4 heteroatoms. The summed E-state index contributed by atoms with van der Waals surface area (Å²) in [7, 11) is -2.97. The molecule has 3 unspecified atom stereocenters. The number of hydrogen-bond acceptors (Lipinski definition) is 3. The molecule has 2 rings (SSSR count). The Morgan fingerprint density at radius 2 is 1.74 bits per heavy atom. The lowest BCUT2D eigenvalue weighted by Gasteiger charge is -2.37. The van der Waals surface area contributed by atoms with Crippen LogP contribution in [0, 0.1) is 11.8 Å². The summed E-state index contributed by atoms with van der Waals surface area (Å²) in [4.78, 5) is 0. The van der Waals surface area contributed by atoms with Gasteiger partial charge >= 0.3 is 0 Å². The zero-order chi connectivity index (χ0) is 13.9. The summed E-state index contributed by atoms with van der Waals surface area (Å²) >= 11 is 0. The molecule has 0 aromatic carbocycles. The molecular formula is C15H29NO2S. The first kappa shape index (κ1) is 15.3. The van der Waals surface area contributed by atoms with E-state index in [1.54, 1.807) is 0 Å². The van der Waals surface area contributed by atoms with Gasteiger partial charge in [0.2, 0.25) is 0 Å². The highest BCUT2D eigenvalue weighted by atomic mass is 32.2. The standard InChI is InChI=1S/C15H29NO2S/c1-2-12-8-9-13(11-16)15(10-12)19(17,18)14-6-4-3-5-7-14/h12-15H,2-11,16H2,1H3. The van der Waals surface area contributed by atoms with Crippen LogP contribution in [-0.2, 0) is 9.84 Å². The van der Waals surface area contributed by atoms with Gasteiger partial charge in [-0.1, -0.05) is 39.0 Å². The van der Waals surface area contributed by atoms with Crippen LogP contribution in [0.1, 0.15) is 64.7 Å². The number of hydrogen-bond donors (Lipinski definition) is 1. The van der Waals surface area contributed by atoms with Crippen LogP contribution in [0.4, 0.5) is 0 Å². The number of sulfone groups is 1. The van der Waals surface area contributed by atoms with Gasteiger partial charge in [-0.25, -0.2) is 8.42 Å². The van der Waals surface area contributed by atoms with E-state index in [2.05, 4.69) is 6.92 Å². The van der Waals surface area contributed by atoms with Gasteiger partial charge in [-0.2, -0.15) is 0 Å². The Balaban J connectivity index is 2.14. The van der Waals surface area contributed by atoms with Crippen molar-refractivity contribution in [2.45, 2.75) is 75.2 Å². The van der Waals surface area contributed by atoms with Crippen LogP contribution in [0.25, 0.3) is 0 Å². The number of rotatable bonds is 4. The first-order chi connectivity index (χ1) is 9.09. The second-order valence-corrected chi connectivity index (χ2v) is 8.92. The maximum atomic E-state index is 12.9. The van der Waals surface area contributed by atoms with Crippen LogP contribution >= 0.6 is 0 Å². The third kappa shape index (κ3) is 3.33. The molecule has 0 bridgehead atoms. The molecule has 0 aliphatic heterocycles. The van der Waals surface area contributed by atoms with Gasteiger partial charge in [0.25, 0.3) is 0 Å². The highest BCUT2D eigenvalue weighted by Gasteiger charge is 2.41. The lowest BCUT2D eigenvalue weighted by atomic mass is 9.80. The molecular weight excluding hydrogens is 258 g/mol. The molecule has 2 aliphatic rings. The fourth-order valence-electron chi connectivity index (χ4n) is 3.96. The molecule has 0 radical (unpaired) electrons. The predicted octanol–water partition coefficient (Wildman–Crippen LogP) is 2.89. The second-order valence-electron chi connectivity index (χ2n) is 6.47. The lowest BCUT2D eigenvalue weighted by molar-refractivity contribution is 0.273. The molecule has 3 nitrogen and oxygen atoms in total. The third-order valence-electron chi connectivity index (χ3n) is 5.36. The van der Waals surface area contributed by atoms with Crippen molar-refractivity contribution in [1.29, 1.82) is 0 Å². The molecule has 2 N–H and O–H groups in total. The number of nitrogens with two attached hydrogens (primary N) is 1. The van der Waals surface area contributed by atoms with E-state index in [0.717, 1.165) is 51.4 Å². The minimum atomic E-state index is -2.97. The van der Waals surface area contributed by atoms with Gasteiger partial charge < -0.3 is 5.73 Å². The van der Waals surface area contributed by atoms with Crippen molar-refractivity contribution < 1.29 is 8.42 Å². The molecule has 0 amide bonds. The van der Waals surface area contributed by atoms with E-state index in [1.165, 1.54) is 6.42 Å². The highest BCUT2D eigenvalue weighted by Crippen LogP contribution is 2.38. The lowest BCUT2D eigenvalue weighted by Crippen LogP contribution is -2.44. The van der Waals surface area contributed by atoms with E-state index in [9.17, 15) is 8.42 Å². The Morgan fingerprint density at radius 3 is 2.32 bits per heavy atom. The fourth-order valence-corrected chi connectivity index (χ4v) is 6.77. The Bertz CT molecular complexity index is 374. The van der Waals surface area contributed by atoms with Crippen molar-refractivity contribution in [1.82, 2.24) is 0 Å². The zero-order valence-electron chi connectivity index (χ0n) is 12.2. The molecule has 0 aromatic heterocycles. The smallest absolute Gasteiger partial charge is 0.156 e. The summed E-state index contributed by atoms with van der Waals surface area (Å²) in [6.07, 6.45) is 9.27. The van der Waals surface area contributed by atoms with Crippen molar-refractivity contribution in [3.05, 3.63) is 0 Å². The summed E-state index contributed by atoms with van der Waals surface area (Å²) in [5.74, 6) is 0.792. The van der Waals surface area contributed by atoms with Crippen LogP contribution in [0.2, 0.25) is 0 Å². The maximum Gasteiger partial charge on any atom is 0.156 e. The monoisotopic (exact) mass is 287 g/mol. The molecule has 0 saturated heterocycles. The van der Waals surface area contributed by atoms with Crippen LogP contribution in [-0.4, -0.2) is 25.5 Å². The van der Waals surface area contributed by atoms with Gasteiger partial charge in [0, 0.05) is 0 Å². The third-order valence-corrected chi connectivity index (χ3v) is 8.18. The van der Waals surface area contributed by atoms with Crippen LogP contribution < -0.4 is 5.73 Å². The van der Waals surface area contributed by atoms with E-state index in [1.807, 2.05) is 0 Å². The van der Waals surface area contributed by atoms with Crippen molar-refractivity contribution in [2.75, 3.05) is 6.54 Å². The van der Waals surface area contributed by atoms with Gasteiger partial charge in [0.15, 0.2) is 9.84 Å². The summed E-state index contributed by atoms with van der Waals surface area (Å²) in [5, 5.41) is -0.227. The van der Waals surface area contributed by atoms with Crippen molar-refractivity contribution in [3.63, 3.8) is 0 Å². The molecule has 112 valence electrons. The van der Waals surface area contributed by atoms with Crippen LogP contribution in [0.3, 0.4) is 0 Å². The van der Waals surface area contributed by atoms with E-state index >= 15 is 0 Å². The Hall–Kier alpha value is -0.0900. The van der Waals surface area contributed by atoms with Crippen LogP contribution in [0.15, 0.2) is 0 Å². The van der Waals surface area contributed by atoms with Gasteiger partial charge in [-0.3, -0.25) is 0 Å². The first-order valence-corrected chi connectivity index (χ1v) is 9.63. The summed E-state index contributed by atoms with van der Waals surface area (Å²) in [6.45, 7) is 2.71. The average Bonchev–Trinajstić information content (AvgIpc) is 2.47. The molecule has 2 fully saturated rings. The van der Waals surface area contributed by atoms with Gasteiger partial charge in [0.05, 0.1) is 10.5 Å². The molecule has 0 spiro atoms. The zero-order valence-corrected chi connectivity index (χ0v) is 13.0. The Kier molecular flexibility index (Phi) is 5.29. The summed E-state index contributed by atoms with van der Waals surface area (Å²) in [5.41, 5.74) is 5.84. The Morgan fingerprint density at radius 1 is 1.05 bits per heavy atom. The summed E-state index contributed by atoms with van der Waals surface area (Å²) < 4.78 is 25.8. The van der Waals surface area contributed by atoms with Gasteiger partial charge in [-0.05, 0) is 44.1 Å². The van der Waals surface area contributed by atoms with E-state index < -0.39 is 9.84 Å². The quantitative estimate of drug-likeness (QED) is 0.865. The SMILES string of the molecule is CCC1CCC(CN)C(S(=O)(=O)C2CCCCC2)C1. The fraction of sp³-hybridized carbons (Fsp3) is 1.00. The maximum absolute atomic E-state index is 12.9. The van der Waals surface area contributed by atoms with E-state index in [4.69, 9.17) is 5.73 Å². The Labute approximate surface area is 118 Å². The average molecular weight is 287 g/mol. The normalized spacial score (nSPS) is 34.3. The topological polar surface area (TPSA) is 60.2 Å². The van der Waals surface area contributed by atoms with Crippen LogP contribution in [0.5, 0.6) is 0 Å². The van der Waals surface area contributed by atoms with E-state index in [0.29, 0.717) is 12.5 Å². The van der Waals surface area contributed by atoms with E-state index in [-0.39, 0.29) is 16.4 Å². The minimum Gasteiger partial charge on any atom is -0.330 e.